The second-order valence-electron chi connectivity index (χ2n) is 1.57. The van der Waals surface area contributed by atoms with Crippen LogP contribution in [-0.2, 0) is 0 Å². The molecule has 0 aromatic carbocycles. The Morgan fingerprint density at radius 3 is 2.64 bits per heavy atom. The van der Waals surface area contributed by atoms with Gasteiger partial charge in [-0.3, -0.25) is 0 Å². The third-order valence-electron chi connectivity index (χ3n) is 0.741. The molecule has 59 valence electrons. The summed E-state index contributed by atoms with van der Waals surface area (Å²) >= 11 is -0.233. The highest BCUT2D eigenvalue weighted by Gasteiger charge is 2.29. The number of aromatic nitrogens is 2. The lowest BCUT2D eigenvalue weighted by molar-refractivity contribution is -0.0328. The number of halogens is 3. The maximum Gasteiger partial charge on any atom is 0.446 e. The van der Waals surface area contributed by atoms with Gasteiger partial charge in [0.15, 0.2) is 0 Å². The number of thioether (sulfide) groups is 1. The molecule has 1 rings (SSSR count). The lowest BCUT2D eigenvalue weighted by Crippen LogP contribution is -1.99. The molecule has 0 saturated heterocycles. The first-order valence-electron chi connectivity index (χ1n) is 2.52. The summed E-state index contributed by atoms with van der Waals surface area (Å²) in [4.78, 5) is -0.00694. The monoisotopic (exact) mass is 179 g/mol. The lowest BCUT2D eigenvalue weighted by atomic mass is 10.6. The maximum absolute atomic E-state index is 11.6. The molecule has 1 aromatic rings. The first-order valence-corrected chi connectivity index (χ1v) is 3.34. The Balaban J connectivity index is 2.66. The molecule has 1 heterocycles. The van der Waals surface area contributed by atoms with E-state index in [-0.39, 0.29) is 16.7 Å². The van der Waals surface area contributed by atoms with Crippen LogP contribution in [0.3, 0.4) is 0 Å². The molecular weight excluding hydrogens is 177 g/mol. The van der Waals surface area contributed by atoms with E-state index >= 15 is 0 Å². The van der Waals surface area contributed by atoms with Crippen molar-refractivity contribution in [2.24, 2.45) is 0 Å². The molecule has 0 saturated carbocycles. The van der Waals surface area contributed by atoms with E-state index in [1.807, 2.05) is 0 Å². The van der Waals surface area contributed by atoms with Crippen molar-refractivity contribution in [3.05, 3.63) is 18.5 Å². The molecule has 11 heavy (non-hydrogen) atoms. The molecule has 0 bridgehead atoms. The van der Waals surface area contributed by atoms with Crippen molar-refractivity contribution < 1.29 is 13.2 Å². The van der Waals surface area contributed by atoms with Crippen molar-refractivity contribution in [3.63, 3.8) is 0 Å². The predicted molar refractivity (Wildman–Crippen MR) is 32.8 cm³/mol. The summed E-state index contributed by atoms with van der Waals surface area (Å²) in [6, 6.07) is 1.13. The Kier molecular flexibility index (Phi) is 2.33. The second kappa shape index (κ2) is 3.08. The van der Waals surface area contributed by atoms with Crippen LogP contribution in [0.25, 0.3) is 0 Å². The minimum atomic E-state index is -4.27. The van der Waals surface area contributed by atoms with Gasteiger partial charge >= 0.3 is 5.51 Å². The zero-order chi connectivity index (χ0) is 8.32. The van der Waals surface area contributed by atoms with E-state index in [9.17, 15) is 13.2 Å². The third kappa shape index (κ3) is 3.22. The summed E-state index contributed by atoms with van der Waals surface area (Å²) in [5, 5.41) is 6.46. The average molecular weight is 179 g/mol. The second-order valence-corrected chi connectivity index (χ2v) is 2.71. The van der Waals surface area contributed by atoms with Crippen LogP contribution in [0.15, 0.2) is 17.2 Å². The Bertz CT molecular complexity index is 223. The normalized spacial score (nSPS) is 11.5. The SMILES string of the molecule is FC(F)(F)Sc1c[c]nnc1. The Morgan fingerprint density at radius 1 is 1.45 bits per heavy atom. The van der Waals surface area contributed by atoms with Crippen LogP contribution < -0.4 is 0 Å². The van der Waals surface area contributed by atoms with Gasteiger partial charge in [-0.15, -0.1) is 5.10 Å². The quantitative estimate of drug-likeness (QED) is 0.615. The van der Waals surface area contributed by atoms with Crippen molar-refractivity contribution in [2.75, 3.05) is 0 Å². The van der Waals surface area contributed by atoms with E-state index in [4.69, 9.17) is 0 Å². The number of hydrogen-bond acceptors (Lipinski definition) is 3. The van der Waals surface area contributed by atoms with E-state index in [0.29, 0.717) is 0 Å². The molecule has 0 aliphatic heterocycles. The minimum Gasteiger partial charge on any atom is -0.160 e. The highest BCUT2D eigenvalue weighted by molar-refractivity contribution is 8.00. The fourth-order valence-electron chi connectivity index (χ4n) is 0.438. The molecule has 0 aliphatic rings. The van der Waals surface area contributed by atoms with Gasteiger partial charge in [0.1, 0.15) is 6.20 Å². The van der Waals surface area contributed by atoms with Gasteiger partial charge in [-0.25, -0.2) is 0 Å². The fraction of sp³-hybridized carbons (Fsp3) is 0.200. The number of rotatable bonds is 1. The summed E-state index contributed by atoms with van der Waals surface area (Å²) in [6.45, 7) is 0. The van der Waals surface area contributed by atoms with Gasteiger partial charge in [0.05, 0.1) is 6.20 Å². The van der Waals surface area contributed by atoms with Gasteiger partial charge in [0, 0.05) is 4.90 Å². The van der Waals surface area contributed by atoms with Gasteiger partial charge < -0.3 is 0 Å². The molecule has 0 aliphatic carbocycles. The van der Waals surface area contributed by atoms with Crippen LogP contribution >= 0.6 is 11.8 Å². The predicted octanol–water partition coefficient (Wildman–Crippen LogP) is 1.89. The smallest absolute Gasteiger partial charge is 0.160 e. The van der Waals surface area contributed by atoms with Gasteiger partial charge in [0.2, 0.25) is 0 Å². The summed E-state index contributed by atoms with van der Waals surface area (Å²) in [6.07, 6.45) is 3.24. The van der Waals surface area contributed by atoms with Crippen LogP contribution in [0, 0.1) is 6.20 Å². The maximum atomic E-state index is 11.6. The molecule has 0 unspecified atom stereocenters. The number of alkyl halides is 3. The van der Waals surface area contributed by atoms with Crippen molar-refractivity contribution >= 4 is 11.8 Å². The molecule has 0 atom stereocenters. The molecule has 1 aromatic heterocycles. The lowest BCUT2D eigenvalue weighted by Gasteiger charge is -2.02. The van der Waals surface area contributed by atoms with Crippen molar-refractivity contribution in [1.82, 2.24) is 10.2 Å². The molecule has 2 nitrogen and oxygen atoms in total. The molecule has 0 N–H and O–H groups in total. The Morgan fingerprint density at radius 2 is 2.18 bits per heavy atom. The van der Waals surface area contributed by atoms with Crippen LogP contribution in [0.2, 0.25) is 0 Å². The molecular formula is C5H2F3N2S. The Labute approximate surface area is 64.8 Å². The van der Waals surface area contributed by atoms with Crippen LogP contribution in [0.5, 0.6) is 0 Å². The standard InChI is InChI=1S/C5H2F3N2S/c6-5(7,8)11-4-1-2-9-10-3-4/h1,3H. The Hall–Kier alpha value is -0.780. The van der Waals surface area contributed by atoms with E-state index in [2.05, 4.69) is 16.4 Å². The van der Waals surface area contributed by atoms with Gasteiger partial charge in [-0.05, 0) is 17.8 Å². The highest BCUT2D eigenvalue weighted by Crippen LogP contribution is 2.35. The van der Waals surface area contributed by atoms with Gasteiger partial charge in [0.25, 0.3) is 0 Å². The molecule has 0 amide bonds. The van der Waals surface area contributed by atoms with Gasteiger partial charge in [-0.2, -0.15) is 18.3 Å². The summed E-state index contributed by atoms with van der Waals surface area (Å²) < 4.78 is 34.9. The fourth-order valence-corrected chi connectivity index (χ4v) is 0.917. The average Bonchev–Trinajstić information content (AvgIpc) is 1.85. The molecule has 0 fully saturated rings. The minimum absolute atomic E-state index is 0.00694. The highest BCUT2D eigenvalue weighted by atomic mass is 32.2. The molecule has 1 radical (unpaired) electrons. The number of hydrogen-bond donors (Lipinski definition) is 0. The van der Waals surface area contributed by atoms with Crippen molar-refractivity contribution in [1.29, 1.82) is 0 Å². The van der Waals surface area contributed by atoms with E-state index in [1.165, 1.54) is 0 Å². The van der Waals surface area contributed by atoms with Crippen LogP contribution in [0.4, 0.5) is 13.2 Å². The van der Waals surface area contributed by atoms with Crippen LogP contribution in [0.1, 0.15) is 0 Å². The zero-order valence-electron chi connectivity index (χ0n) is 5.09. The third-order valence-corrected chi connectivity index (χ3v) is 1.43. The van der Waals surface area contributed by atoms with E-state index < -0.39 is 5.51 Å². The van der Waals surface area contributed by atoms with E-state index in [1.54, 1.807) is 0 Å². The first kappa shape index (κ1) is 8.32. The van der Waals surface area contributed by atoms with Gasteiger partial charge in [-0.1, -0.05) is 0 Å². The molecule has 6 heteroatoms. The van der Waals surface area contributed by atoms with Crippen molar-refractivity contribution in [3.8, 4) is 0 Å². The summed E-state index contributed by atoms with van der Waals surface area (Å²) in [5.74, 6) is 0. The van der Waals surface area contributed by atoms with Crippen LogP contribution in [-0.4, -0.2) is 15.7 Å². The summed E-state index contributed by atoms with van der Waals surface area (Å²) in [7, 11) is 0. The zero-order valence-corrected chi connectivity index (χ0v) is 5.91. The first-order chi connectivity index (χ1) is 5.08. The molecule has 0 spiro atoms. The topological polar surface area (TPSA) is 25.8 Å². The summed E-state index contributed by atoms with van der Waals surface area (Å²) in [5.41, 5.74) is -4.27. The number of nitrogens with zero attached hydrogens (tertiary/aromatic N) is 2. The largest absolute Gasteiger partial charge is 0.446 e. The van der Waals surface area contributed by atoms with Crippen molar-refractivity contribution in [2.45, 2.75) is 10.4 Å². The van der Waals surface area contributed by atoms with E-state index in [0.717, 1.165) is 12.3 Å².